The molecule has 1 aromatic rings. The second kappa shape index (κ2) is 8.86. The lowest BCUT2D eigenvalue weighted by Gasteiger charge is -2.21. The number of benzene rings is 1. The summed E-state index contributed by atoms with van der Waals surface area (Å²) < 4.78 is 19.7. The van der Waals surface area contributed by atoms with Gasteiger partial charge in [0.2, 0.25) is 5.91 Å². The average molecular weight is 371 g/mol. The van der Waals surface area contributed by atoms with E-state index in [0.717, 1.165) is 24.8 Å². The summed E-state index contributed by atoms with van der Waals surface area (Å²) in [5, 5.41) is 3.01. The molecule has 3 N–H and O–H groups in total. The molecule has 0 bridgehead atoms. The maximum Gasteiger partial charge on any atom is 0.223 e. The normalized spacial score (nSPS) is 23.6. The lowest BCUT2D eigenvalue weighted by atomic mass is 9.94. The molecule has 2 saturated carbocycles. The van der Waals surface area contributed by atoms with E-state index in [1.165, 1.54) is 18.9 Å². The summed E-state index contributed by atoms with van der Waals surface area (Å²) in [6, 6.07) is 4.71. The Morgan fingerprint density at radius 3 is 2.76 bits per heavy atom. The van der Waals surface area contributed by atoms with E-state index in [0.29, 0.717) is 24.8 Å². The molecule has 0 heterocycles. The summed E-state index contributed by atoms with van der Waals surface area (Å²) in [5.74, 6) is 0.808. The van der Waals surface area contributed by atoms with Crippen molar-refractivity contribution in [3.63, 3.8) is 0 Å². The van der Waals surface area contributed by atoms with Crippen LogP contribution in [0.25, 0.3) is 0 Å². The summed E-state index contributed by atoms with van der Waals surface area (Å²) in [5.41, 5.74) is 6.50. The van der Waals surface area contributed by atoms with Gasteiger partial charge in [-0.2, -0.15) is 0 Å². The van der Waals surface area contributed by atoms with Gasteiger partial charge in [0.1, 0.15) is 0 Å². The highest BCUT2D eigenvalue weighted by atomic mass is 35.5. The molecule has 2 fully saturated rings. The van der Waals surface area contributed by atoms with E-state index in [-0.39, 0.29) is 42.0 Å². The van der Waals surface area contributed by atoms with Crippen LogP contribution in [-0.4, -0.2) is 19.1 Å². The number of nitrogens with two attached hydrogens (primary N) is 1. The summed E-state index contributed by atoms with van der Waals surface area (Å²) >= 11 is 0. The standard InChI is InChI=1S/C19H27FN2O2.ClH/c1-12(22-19(23)16-4-2-3-15(16)10-21)14-7-8-18(17(20)9-14)24-11-13-5-6-13;/h7-9,12-13,15-16H,2-6,10-11,21H2,1H3,(H,22,23);1H/t12?,15-,16-;/m1./s1. The molecule has 1 amide bonds. The Kier molecular flexibility index (Phi) is 7.08. The number of amides is 1. The quantitative estimate of drug-likeness (QED) is 0.770. The van der Waals surface area contributed by atoms with Crippen LogP contribution in [0.4, 0.5) is 4.39 Å². The van der Waals surface area contributed by atoms with Gasteiger partial charge in [-0.05, 0) is 68.7 Å². The van der Waals surface area contributed by atoms with Crippen LogP contribution in [0.5, 0.6) is 5.75 Å². The van der Waals surface area contributed by atoms with Gasteiger partial charge in [0.15, 0.2) is 11.6 Å². The minimum atomic E-state index is -0.366. The van der Waals surface area contributed by atoms with Crippen molar-refractivity contribution in [3.05, 3.63) is 29.6 Å². The van der Waals surface area contributed by atoms with E-state index in [1.54, 1.807) is 6.07 Å². The van der Waals surface area contributed by atoms with Gasteiger partial charge in [-0.15, -0.1) is 12.4 Å². The van der Waals surface area contributed by atoms with Crippen LogP contribution in [0, 0.1) is 23.6 Å². The van der Waals surface area contributed by atoms with Crippen molar-refractivity contribution in [2.75, 3.05) is 13.2 Å². The molecule has 4 nitrogen and oxygen atoms in total. The van der Waals surface area contributed by atoms with E-state index < -0.39 is 0 Å². The monoisotopic (exact) mass is 370 g/mol. The molecule has 0 radical (unpaired) electrons. The SMILES string of the molecule is CC(NC(=O)[C@@H]1CCC[C@@H]1CN)c1ccc(OCC2CC2)c(F)c1.Cl. The average Bonchev–Trinajstić information content (AvgIpc) is 3.27. The van der Waals surface area contributed by atoms with Crippen LogP contribution >= 0.6 is 12.4 Å². The fraction of sp³-hybridized carbons (Fsp3) is 0.632. The van der Waals surface area contributed by atoms with Crippen LogP contribution in [0.1, 0.15) is 50.6 Å². The lowest BCUT2D eigenvalue weighted by Crippen LogP contribution is -2.36. The number of nitrogens with one attached hydrogen (secondary N) is 1. The first-order chi connectivity index (χ1) is 11.6. The number of rotatable bonds is 7. The zero-order valence-electron chi connectivity index (χ0n) is 14.7. The van der Waals surface area contributed by atoms with Crippen molar-refractivity contribution in [3.8, 4) is 5.75 Å². The third-order valence-corrected chi connectivity index (χ3v) is 5.28. The summed E-state index contributed by atoms with van der Waals surface area (Å²) in [6.07, 6.45) is 5.31. The van der Waals surface area contributed by atoms with Crippen LogP contribution in [-0.2, 0) is 4.79 Å². The lowest BCUT2D eigenvalue weighted by molar-refractivity contribution is -0.126. The maximum absolute atomic E-state index is 14.2. The Labute approximate surface area is 155 Å². The second-order valence-corrected chi connectivity index (χ2v) is 7.21. The van der Waals surface area contributed by atoms with Crippen molar-refractivity contribution >= 4 is 18.3 Å². The third kappa shape index (κ3) is 5.08. The highest BCUT2D eigenvalue weighted by molar-refractivity contribution is 5.85. The van der Waals surface area contributed by atoms with Gasteiger partial charge < -0.3 is 15.8 Å². The van der Waals surface area contributed by atoms with Gasteiger partial charge in [0, 0.05) is 5.92 Å². The molecule has 140 valence electrons. The summed E-state index contributed by atoms with van der Waals surface area (Å²) in [7, 11) is 0. The molecule has 25 heavy (non-hydrogen) atoms. The van der Waals surface area contributed by atoms with Gasteiger partial charge in [-0.1, -0.05) is 12.5 Å². The van der Waals surface area contributed by atoms with Crippen LogP contribution < -0.4 is 15.8 Å². The van der Waals surface area contributed by atoms with Gasteiger partial charge in [-0.3, -0.25) is 4.79 Å². The molecule has 6 heteroatoms. The minimum Gasteiger partial charge on any atom is -0.490 e. The van der Waals surface area contributed by atoms with Crippen molar-refractivity contribution < 1.29 is 13.9 Å². The molecule has 0 spiro atoms. The molecule has 2 aliphatic rings. The number of hydrogen-bond donors (Lipinski definition) is 2. The third-order valence-electron chi connectivity index (χ3n) is 5.28. The fourth-order valence-corrected chi connectivity index (χ4v) is 3.46. The predicted octanol–water partition coefficient (Wildman–Crippen LogP) is 3.59. The first-order valence-electron chi connectivity index (χ1n) is 9.01. The molecular formula is C19H28ClFN2O2. The van der Waals surface area contributed by atoms with Crippen molar-refractivity contribution in [2.24, 2.45) is 23.5 Å². The molecule has 1 unspecified atom stereocenters. The summed E-state index contributed by atoms with van der Waals surface area (Å²) in [4.78, 5) is 12.4. The highest BCUT2D eigenvalue weighted by Gasteiger charge is 2.32. The predicted molar refractivity (Wildman–Crippen MR) is 98.3 cm³/mol. The van der Waals surface area contributed by atoms with E-state index in [1.807, 2.05) is 13.0 Å². The Morgan fingerprint density at radius 1 is 1.36 bits per heavy atom. The molecule has 0 saturated heterocycles. The maximum atomic E-state index is 14.2. The summed E-state index contributed by atoms with van der Waals surface area (Å²) in [6.45, 7) is 3.02. The van der Waals surface area contributed by atoms with E-state index in [2.05, 4.69) is 5.32 Å². The van der Waals surface area contributed by atoms with Gasteiger partial charge in [0.05, 0.1) is 12.6 Å². The second-order valence-electron chi connectivity index (χ2n) is 7.21. The van der Waals surface area contributed by atoms with Crippen molar-refractivity contribution in [1.29, 1.82) is 0 Å². The Hall–Kier alpha value is -1.33. The zero-order chi connectivity index (χ0) is 17.1. The Balaban J connectivity index is 0.00000225. The molecule has 0 aliphatic heterocycles. The minimum absolute atomic E-state index is 0. The molecule has 2 aliphatic carbocycles. The fourth-order valence-electron chi connectivity index (χ4n) is 3.46. The van der Waals surface area contributed by atoms with E-state index in [4.69, 9.17) is 10.5 Å². The van der Waals surface area contributed by atoms with Crippen LogP contribution in [0.3, 0.4) is 0 Å². The number of carbonyl (C=O) groups is 1. The largest absolute Gasteiger partial charge is 0.490 e. The number of hydrogen-bond acceptors (Lipinski definition) is 3. The van der Waals surface area contributed by atoms with Crippen molar-refractivity contribution in [1.82, 2.24) is 5.32 Å². The van der Waals surface area contributed by atoms with E-state index >= 15 is 0 Å². The molecular weight excluding hydrogens is 343 g/mol. The number of carbonyl (C=O) groups excluding carboxylic acids is 1. The first-order valence-corrected chi connectivity index (χ1v) is 9.01. The van der Waals surface area contributed by atoms with E-state index in [9.17, 15) is 9.18 Å². The first kappa shape index (κ1) is 20.0. The smallest absolute Gasteiger partial charge is 0.223 e. The van der Waals surface area contributed by atoms with Gasteiger partial charge in [0.25, 0.3) is 0 Å². The number of ether oxygens (including phenoxy) is 1. The Bertz CT molecular complexity index is 595. The number of halogens is 2. The zero-order valence-corrected chi connectivity index (χ0v) is 15.5. The Morgan fingerprint density at radius 2 is 2.12 bits per heavy atom. The highest BCUT2D eigenvalue weighted by Crippen LogP contribution is 2.32. The van der Waals surface area contributed by atoms with Gasteiger partial charge in [-0.25, -0.2) is 4.39 Å². The van der Waals surface area contributed by atoms with Crippen LogP contribution in [0.15, 0.2) is 18.2 Å². The topological polar surface area (TPSA) is 64.4 Å². The van der Waals surface area contributed by atoms with Crippen molar-refractivity contribution in [2.45, 2.75) is 45.1 Å². The molecule has 1 aromatic carbocycles. The molecule has 0 aromatic heterocycles. The molecule has 3 atom stereocenters. The van der Waals surface area contributed by atoms with Crippen LogP contribution in [0.2, 0.25) is 0 Å². The molecule has 3 rings (SSSR count). The van der Waals surface area contributed by atoms with Gasteiger partial charge >= 0.3 is 0 Å².